The van der Waals surface area contributed by atoms with Gasteiger partial charge in [-0.2, -0.15) is 0 Å². The fourth-order valence-electron chi connectivity index (χ4n) is 2.64. The highest BCUT2D eigenvalue weighted by atomic mass is 32.2. The molecule has 0 unspecified atom stereocenters. The molecule has 1 N–H and O–H groups in total. The summed E-state index contributed by atoms with van der Waals surface area (Å²) in [5, 5.41) is 2.23. The van der Waals surface area contributed by atoms with Crippen LogP contribution in [-0.4, -0.2) is 20.4 Å². The summed E-state index contributed by atoms with van der Waals surface area (Å²) in [5.41, 5.74) is 1.91. The van der Waals surface area contributed by atoms with Crippen LogP contribution in [0.15, 0.2) is 70.0 Å². The summed E-state index contributed by atoms with van der Waals surface area (Å²) in [6.07, 6.45) is 0. The lowest BCUT2D eigenvalue weighted by atomic mass is 10.1. The average molecular weight is 338 g/mol. The van der Waals surface area contributed by atoms with Gasteiger partial charge in [-0.1, -0.05) is 30.3 Å². The number of oxazole rings is 1. The van der Waals surface area contributed by atoms with Crippen LogP contribution in [0.3, 0.4) is 0 Å². The lowest BCUT2D eigenvalue weighted by Crippen LogP contribution is -2.18. The summed E-state index contributed by atoms with van der Waals surface area (Å²) in [6.45, 7) is 0. The fraction of sp³-hybridized carbons (Fsp3) is 0.0556. The lowest BCUT2D eigenvalue weighted by molar-refractivity contribution is 0.588. The first-order valence-electron chi connectivity index (χ1n) is 7.40. The molecular formula is C18H14N2O3S. The average Bonchev–Trinajstić information content (AvgIpc) is 3.04. The van der Waals surface area contributed by atoms with Crippen LogP contribution >= 0.6 is 0 Å². The van der Waals surface area contributed by atoms with Gasteiger partial charge in [-0.3, -0.25) is 0 Å². The van der Waals surface area contributed by atoms with Crippen LogP contribution in [0.2, 0.25) is 0 Å². The Morgan fingerprint density at radius 2 is 1.75 bits per heavy atom. The van der Waals surface area contributed by atoms with Gasteiger partial charge in [0.2, 0.25) is 15.9 Å². The van der Waals surface area contributed by atoms with E-state index in [0.29, 0.717) is 17.0 Å². The first-order valence-corrected chi connectivity index (χ1v) is 8.88. The molecule has 0 aliphatic heterocycles. The Hall–Kier alpha value is -2.70. The predicted molar refractivity (Wildman–Crippen MR) is 93.2 cm³/mol. The second-order valence-corrected chi connectivity index (χ2v) is 7.30. The molecule has 0 spiro atoms. The third-order valence-corrected chi connectivity index (χ3v) is 5.35. The van der Waals surface area contributed by atoms with Gasteiger partial charge in [0.15, 0.2) is 5.58 Å². The SMILES string of the molecule is CNS(=O)(=O)c1ccc2oc(-c3ccc4ccccc4c3)nc2c1. The molecule has 0 atom stereocenters. The van der Waals surface area contributed by atoms with Gasteiger partial charge in [0.25, 0.3) is 0 Å². The van der Waals surface area contributed by atoms with Gasteiger partial charge in [-0.15, -0.1) is 0 Å². The number of benzene rings is 3. The summed E-state index contributed by atoms with van der Waals surface area (Å²) in [4.78, 5) is 4.60. The molecule has 3 aromatic carbocycles. The maximum atomic E-state index is 11.9. The summed E-state index contributed by atoms with van der Waals surface area (Å²) in [7, 11) is -2.13. The molecule has 0 aliphatic rings. The highest BCUT2D eigenvalue weighted by molar-refractivity contribution is 7.89. The van der Waals surface area contributed by atoms with Crippen molar-refractivity contribution in [3.63, 3.8) is 0 Å². The number of nitrogens with zero attached hydrogens (tertiary/aromatic N) is 1. The maximum absolute atomic E-state index is 11.9. The molecule has 0 radical (unpaired) electrons. The van der Waals surface area contributed by atoms with E-state index >= 15 is 0 Å². The van der Waals surface area contributed by atoms with E-state index in [1.165, 1.54) is 19.2 Å². The summed E-state index contributed by atoms with van der Waals surface area (Å²) >= 11 is 0. The van der Waals surface area contributed by atoms with Gasteiger partial charge >= 0.3 is 0 Å². The van der Waals surface area contributed by atoms with E-state index in [-0.39, 0.29) is 4.90 Å². The van der Waals surface area contributed by atoms with Crippen LogP contribution < -0.4 is 4.72 Å². The number of fused-ring (bicyclic) bond motifs is 2. The highest BCUT2D eigenvalue weighted by Crippen LogP contribution is 2.28. The second kappa shape index (κ2) is 5.43. The Morgan fingerprint density at radius 1 is 0.958 bits per heavy atom. The first-order chi connectivity index (χ1) is 11.6. The van der Waals surface area contributed by atoms with E-state index in [0.717, 1.165) is 16.3 Å². The number of nitrogens with one attached hydrogen (secondary N) is 1. The van der Waals surface area contributed by atoms with Crippen LogP contribution in [0, 0.1) is 0 Å². The molecule has 0 saturated carbocycles. The molecule has 1 aromatic heterocycles. The van der Waals surface area contributed by atoms with E-state index in [4.69, 9.17) is 4.42 Å². The number of hydrogen-bond donors (Lipinski definition) is 1. The van der Waals surface area contributed by atoms with Crippen molar-refractivity contribution in [1.82, 2.24) is 9.71 Å². The molecular weight excluding hydrogens is 324 g/mol. The van der Waals surface area contributed by atoms with E-state index < -0.39 is 10.0 Å². The minimum atomic E-state index is -3.51. The molecule has 0 aliphatic carbocycles. The zero-order valence-corrected chi connectivity index (χ0v) is 13.7. The van der Waals surface area contributed by atoms with Gasteiger partial charge in [0, 0.05) is 5.56 Å². The van der Waals surface area contributed by atoms with Crippen LogP contribution in [0.25, 0.3) is 33.3 Å². The molecule has 1 heterocycles. The summed E-state index contributed by atoms with van der Waals surface area (Å²) in [5.74, 6) is 0.467. The van der Waals surface area contributed by atoms with Crippen molar-refractivity contribution in [1.29, 1.82) is 0 Å². The van der Waals surface area contributed by atoms with Crippen molar-refractivity contribution in [2.45, 2.75) is 4.90 Å². The minimum Gasteiger partial charge on any atom is -0.436 e. The van der Waals surface area contributed by atoms with Gasteiger partial charge in [0.1, 0.15) is 5.52 Å². The molecule has 0 saturated heterocycles. The molecule has 5 nitrogen and oxygen atoms in total. The smallest absolute Gasteiger partial charge is 0.240 e. The molecule has 0 bridgehead atoms. The molecule has 4 rings (SSSR count). The summed E-state index contributed by atoms with van der Waals surface area (Å²) in [6, 6.07) is 18.6. The Kier molecular flexibility index (Phi) is 3.37. The fourth-order valence-corrected chi connectivity index (χ4v) is 3.39. The Morgan fingerprint density at radius 3 is 2.54 bits per heavy atom. The molecule has 0 fully saturated rings. The lowest BCUT2D eigenvalue weighted by Gasteiger charge is -2.00. The topological polar surface area (TPSA) is 72.2 Å². The summed E-state index contributed by atoms with van der Waals surface area (Å²) < 4.78 is 31.9. The van der Waals surface area contributed by atoms with E-state index in [2.05, 4.69) is 9.71 Å². The van der Waals surface area contributed by atoms with Gasteiger partial charge < -0.3 is 4.42 Å². The Balaban J connectivity index is 1.84. The van der Waals surface area contributed by atoms with Crippen molar-refractivity contribution in [2.75, 3.05) is 7.05 Å². The minimum absolute atomic E-state index is 0.163. The quantitative estimate of drug-likeness (QED) is 0.620. The Labute approximate surface area is 139 Å². The second-order valence-electron chi connectivity index (χ2n) is 5.42. The van der Waals surface area contributed by atoms with E-state index in [9.17, 15) is 8.42 Å². The van der Waals surface area contributed by atoms with E-state index in [1.54, 1.807) is 6.07 Å². The number of aromatic nitrogens is 1. The molecule has 6 heteroatoms. The standard InChI is InChI=1S/C18H14N2O3S/c1-19-24(21,22)15-8-9-17-16(11-15)20-18(23-17)14-7-6-12-4-2-3-5-13(12)10-14/h2-11,19H,1H3. The Bertz CT molecular complexity index is 1160. The van der Waals surface area contributed by atoms with Crippen molar-refractivity contribution in [2.24, 2.45) is 0 Å². The first kappa shape index (κ1) is 14.9. The van der Waals surface area contributed by atoms with Crippen LogP contribution in [0.5, 0.6) is 0 Å². The van der Waals surface area contributed by atoms with Crippen molar-refractivity contribution < 1.29 is 12.8 Å². The van der Waals surface area contributed by atoms with Gasteiger partial charge in [0.05, 0.1) is 4.90 Å². The van der Waals surface area contributed by atoms with Crippen LogP contribution in [-0.2, 0) is 10.0 Å². The van der Waals surface area contributed by atoms with Crippen molar-refractivity contribution >= 4 is 31.9 Å². The van der Waals surface area contributed by atoms with Crippen molar-refractivity contribution in [3.8, 4) is 11.5 Å². The zero-order chi connectivity index (χ0) is 16.7. The predicted octanol–water partition coefficient (Wildman–Crippen LogP) is 3.56. The third-order valence-electron chi connectivity index (χ3n) is 3.93. The largest absolute Gasteiger partial charge is 0.436 e. The molecule has 0 amide bonds. The zero-order valence-electron chi connectivity index (χ0n) is 12.9. The van der Waals surface area contributed by atoms with Crippen LogP contribution in [0.4, 0.5) is 0 Å². The highest BCUT2D eigenvalue weighted by Gasteiger charge is 2.15. The molecule has 4 aromatic rings. The molecule has 120 valence electrons. The monoisotopic (exact) mass is 338 g/mol. The van der Waals surface area contributed by atoms with Crippen LogP contribution in [0.1, 0.15) is 0 Å². The number of hydrogen-bond acceptors (Lipinski definition) is 4. The number of sulfonamides is 1. The van der Waals surface area contributed by atoms with Gasteiger partial charge in [-0.05, 0) is 48.2 Å². The number of rotatable bonds is 3. The molecule has 24 heavy (non-hydrogen) atoms. The normalized spacial score (nSPS) is 12.0. The maximum Gasteiger partial charge on any atom is 0.240 e. The third kappa shape index (κ3) is 2.46. The van der Waals surface area contributed by atoms with E-state index in [1.807, 2.05) is 42.5 Å². The van der Waals surface area contributed by atoms with Gasteiger partial charge in [-0.25, -0.2) is 18.1 Å². The van der Waals surface area contributed by atoms with Crippen molar-refractivity contribution in [3.05, 3.63) is 60.7 Å².